The van der Waals surface area contributed by atoms with Crippen LogP contribution in [0.5, 0.6) is 0 Å². The van der Waals surface area contributed by atoms with E-state index < -0.39 is 0 Å². The molecule has 3 unspecified atom stereocenters. The van der Waals surface area contributed by atoms with Crippen LogP contribution in [-0.2, 0) is 14.3 Å². The first-order chi connectivity index (χ1) is 7.72. The molecule has 3 heterocycles. The molecule has 3 aliphatic heterocycles. The van der Waals surface area contributed by atoms with Gasteiger partial charge in [0.05, 0.1) is 18.1 Å². The molecule has 0 aromatic rings. The quantitative estimate of drug-likeness (QED) is 0.654. The van der Waals surface area contributed by atoms with E-state index in [1.54, 1.807) is 0 Å². The Morgan fingerprint density at radius 2 is 2.00 bits per heavy atom. The van der Waals surface area contributed by atoms with Gasteiger partial charge in [0.25, 0.3) is 0 Å². The predicted octanol–water partition coefficient (Wildman–Crippen LogP) is -0.488. The second-order valence-corrected chi connectivity index (χ2v) is 4.91. The topological polar surface area (TPSA) is 58.6 Å². The molecule has 3 fully saturated rings. The Hall–Kier alpha value is -1.10. The fraction of sp³-hybridized carbons (Fsp3) is 0.818. The summed E-state index contributed by atoms with van der Waals surface area (Å²) in [6.07, 6.45) is 2.94. The molecule has 88 valence electrons. The highest BCUT2D eigenvalue weighted by molar-refractivity contribution is 5.89. The number of amides is 2. The lowest BCUT2D eigenvalue weighted by atomic mass is 10.1. The molecule has 2 bridgehead atoms. The normalized spacial score (nSPS) is 37.6. The van der Waals surface area contributed by atoms with E-state index in [9.17, 15) is 9.59 Å². The number of carbonyl (C=O) groups excluding carboxylic acids is 2. The van der Waals surface area contributed by atoms with Crippen molar-refractivity contribution in [2.24, 2.45) is 5.92 Å². The standard InChI is InChI=1S/C11H16N2O3/c14-10-3-7(4-12-10)11(15)13-5-8-1-2-9(6-13)16-8/h7-9H,1-6H2,(H,12,14). The summed E-state index contributed by atoms with van der Waals surface area (Å²) in [6.45, 7) is 1.92. The van der Waals surface area contributed by atoms with Crippen molar-refractivity contribution in [3.05, 3.63) is 0 Å². The Labute approximate surface area is 94.1 Å². The molecule has 0 aliphatic carbocycles. The number of carbonyl (C=O) groups is 2. The Morgan fingerprint density at radius 3 is 2.56 bits per heavy atom. The number of likely N-dealkylation sites (tertiary alicyclic amines) is 1. The van der Waals surface area contributed by atoms with E-state index in [1.165, 1.54) is 0 Å². The van der Waals surface area contributed by atoms with Gasteiger partial charge in [-0.3, -0.25) is 9.59 Å². The van der Waals surface area contributed by atoms with Gasteiger partial charge in [0, 0.05) is 26.1 Å². The number of nitrogens with zero attached hydrogens (tertiary/aromatic N) is 1. The molecule has 0 aromatic heterocycles. The first-order valence-electron chi connectivity index (χ1n) is 5.93. The van der Waals surface area contributed by atoms with Crippen LogP contribution >= 0.6 is 0 Å². The SMILES string of the molecule is O=C1CC(C(=O)N2CC3CCC(C2)O3)CN1. The van der Waals surface area contributed by atoms with Crippen molar-refractivity contribution in [2.45, 2.75) is 31.5 Å². The molecule has 3 aliphatic rings. The van der Waals surface area contributed by atoms with Crippen molar-refractivity contribution < 1.29 is 14.3 Å². The Balaban J connectivity index is 1.64. The fourth-order valence-corrected chi connectivity index (χ4v) is 2.83. The van der Waals surface area contributed by atoms with E-state index in [1.807, 2.05) is 4.90 Å². The van der Waals surface area contributed by atoms with Gasteiger partial charge < -0.3 is 15.0 Å². The summed E-state index contributed by atoms with van der Waals surface area (Å²) in [5.41, 5.74) is 0. The molecule has 16 heavy (non-hydrogen) atoms. The van der Waals surface area contributed by atoms with Crippen molar-refractivity contribution in [2.75, 3.05) is 19.6 Å². The van der Waals surface area contributed by atoms with Crippen molar-refractivity contribution in [3.63, 3.8) is 0 Å². The third-order valence-corrected chi connectivity index (χ3v) is 3.68. The van der Waals surface area contributed by atoms with Gasteiger partial charge in [0.15, 0.2) is 0 Å². The highest BCUT2D eigenvalue weighted by atomic mass is 16.5. The van der Waals surface area contributed by atoms with Crippen LogP contribution in [0.2, 0.25) is 0 Å². The third kappa shape index (κ3) is 1.69. The average molecular weight is 224 g/mol. The number of rotatable bonds is 1. The lowest BCUT2D eigenvalue weighted by Gasteiger charge is -2.33. The molecular formula is C11H16N2O3. The van der Waals surface area contributed by atoms with Gasteiger partial charge >= 0.3 is 0 Å². The second-order valence-electron chi connectivity index (χ2n) is 4.91. The maximum atomic E-state index is 12.1. The highest BCUT2D eigenvalue weighted by Crippen LogP contribution is 2.27. The minimum atomic E-state index is -0.148. The number of hydrogen-bond donors (Lipinski definition) is 1. The zero-order valence-electron chi connectivity index (χ0n) is 9.15. The molecule has 5 heteroatoms. The molecule has 0 saturated carbocycles. The third-order valence-electron chi connectivity index (χ3n) is 3.68. The van der Waals surface area contributed by atoms with Crippen molar-refractivity contribution >= 4 is 11.8 Å². The van der Waals surface area contributed by atoms with Crippen LogP contribution in [-0.4, -0.2) is 48.6 Å². The molecule has 3 atom stereocenters. The molecule has 0 spiro atoms. The maximum absolute atomic E-state index is 12.1. The second kappa shape index (κ2) is 3.73. The Bertz CT molecular complexity index is 319. The van der Waals surface area contributed by atoms with Crippen LogP contribution in [0, 0.1) is 5.92 Å². The lowest BCUT2D eigenvalue weighted by molar-refractivity contribution is -0.144. The van der Waals surface area contributed by atoms with E-state index in [0.29, 0.717) is 26.1 Å². The summed E-state index contributed by atoms with van der Waals surface area (Å²) in [7, 11) is 0. The molecule has 1 N–H and O–H groups in total. The molecule has 0 radical (unpaired) electrons. The minimum absolute atomic E-state index is 0.00502. The molecule has 5 nitrogen and oxygen atoms in total. The van der Waals surface area contributed by atoms with Crippen molar-refractivity contribution in [3.8, 4) is 0 Å². The van der Waals surface area contributed by atoms with E-state index in [4.69, 9.17) is 4.74 Å². The first kappa shape index (κ1) is 10.1. The van der Waals surface area contributed by atoms with Crippen molar-refractivity contribution in [1.29, 1.82) is 0 Å². The van der Waals surface area contributed by atoms with Gasteiger partial charge in [0.2, 0.25) is 11.8 Å². The summed E-state index contributed by atoms with van der Waals surface area (Å²) >= 11 is 0. The van der Waals surface area contributed by atoms with Crippen molar-refractivity contribution in [1.82, 2.24) is 10.2 Å². The zero-order valence-corrected chi connectivity index (χ0v) is 9.15. The van der Waals surface area contributed by atoms with Gasteiger partial charge in [-0.2, -0.15) is 0 Å². The van der Waals surface area contributed by atoms with E-state index in [0.717, 1.165) is 12.8 Å². The maximum Gasteiger partial charge on any atom is 0.228 e. The monoisotopic (exact) mass is 224 g/mol. The molecule has 3 rings (SSSR count). The Kier molecular flexibility index (Phi) is 2.35. The average Bonchev–Trinajstić information content (AvgIpc) is 2.84. The summed E-state index contributed by atoms with van der Waals surface area (Å²) in [5.74, 6) is -0.0295. The summed E-state index contributed by atoms with van der Waals surface area (Å²) < 4.78 is 5.68. The van der Waals surface area contributed by atoms with Gasteiger partial charge in [-0.15, -0.1) is 0 Å². The van der Waals surface area contributed by atoms with Crippen LogP contribution in [0.25, 0.3) is 0 Å². The summed E-state index contributed by atoms with van der Waals surface area (Å²) in [4.78, 5) is 25.1. The minimum Gasteiger partial charge on any atom is -0.371 e. The van der Waals surface area contributed by atoms with E-state index in [2.05, 4.69) is 5.32 Å². The number of fused-ring (bicyclic) bond motifs is 2. The number of morpholine rings is 1. The summed E-state index contributed by atoms with van der Waals surface area (Å²) in [5, 5.41) is 2.71. The molecule has 0 aromatic carbocycles. The van der Waals surface area contributed by atoms with Gasteiger partial charge in [-0.25, -0.2) is 0 Å². The van der Waals surface area contributed by atoms with Crippen LogP contribution in [0.15, 0.2) is 0 Å². The van der Waals surface area contributed by atoms with Crippen LogP contribution in [0.3, 0.4) is 0 Å². The Morgan fingerprint density at radius 1 is 1.31 bits per heavy atom. The van der Waals surface area contributed by atoms with Crippen LogP contribution in [0.4, 0.5) is 0 Å². The smallest absolute Gasteiger partial charge is 0.228 e. The predicted molar refractivity (Wildman–Crippen MR) is 55.6 cm³/mol. The fourth-order valence-electron chi connectivity index (χ4n) is 2.83. The zero-order chi connectivity index (χ0) is 11.1. The molecular weight excluding hydrogens is 208 g/mol. The van der Waals surface area contributed by atoms with E-state index >= 15 is 0 Å². The van der Waals surface area contributed by atoms with Crippen LogP contribution < -0.4 is 5.32 Å². The van der Waals surface area contributed by atoms with E-state index in [-0.39, 0.29) is 29.9 Å². The number of ether oxygens (including phenoxy) is 1. The van der Waals surface area contributed by atoms with Gasteiger partial charge in [0.1, 0.15) is 0 Å². The molecule has 3 saturated heterocycles. The van der Waals surface area contributed by atoms with Crippen LogP contribution in [0.1, 0.15) is 19.3 Å². The number of hydrogen-bond acceptors (Lipinski definition) is 3. The largest absolute Gasteiger partial charge is 0.371 e. The van der Waals surface area contributed by atoms with Gasteiger partial charge in [-0.05, 0) is 12.8 Å². The highest BCUT2D eigenvalue weighted by Gasteiger charge is 2.39. The molecule has 2 amide bonds. The lowest BCUT2D eigenvalue weighted by Crippen LogP contribution is -2.48. The number of nitrogens with one attached hydrogen (secondary N) is 1. The summed E-state index contributed by atoms with van der Waals surface area (Å²) in [6, 6.07) is 0. The van der Waals surface area contributed by atoms with Gasteiger partial charge in [-0.1, -0.05) is 0 Å². The first-order valence-corrected chi connectivity index (χ1v) is 5.93.